The first-order valence-electron chi connectivity index (χ1n) is 19.2. The summed E-state index contributed by atoms with van der Waals surface area (Å²) in [6.45, 7) is 3.82. The molecule has 7 unspecified atom stereocenters. The third-order valence-electron chi connectivity index (χ3n) is 25.1. The van der Waals surface area contributed by atoms with E-state index in [-0.39, 0.29) is 13.1 Å². The van der Waals surface area contributed by atoms with E-state index in [0.29, 0.717) is 18.1 Å². The van der Waals surface area contributed by atoms with Gasteiger partial charge in [0.25, 0.3) is 0 Å². The normalized spacial score (nSPS) is 66.8. The Kier molecular flexibility index (Phi) is 2.25. The van der Waals surface area contributed by atoms with Crippen molar-refractivity contribution in [2.24, 2.45) is 23.7 Å². The first kappa shape index (κ1) is 24.9. The zero-order chi connectivity index (χ0) is 30.9. The molecular formula is C42H48FeN2P2. The average Bonchev–Trinajstić information content (AvgIpc) is 4.03. The Hall–Kier alpha value is -1.10. The summed E-state index contributed by atoms with van der Waals surface area (Å²) in [4.78, 5) is 17.9. The fourth-order valence-corrected chi connectivity index (χ4v) is 117. The second-order valence-corrected chi connectivity index (χ2v) is 49.4. The van der Waals surface area contributed by atoms with Crippen molar-refractivity contribution >= 4 is 17.2 Å². The molecule has 4 saturated carbocycles. The number of nitrogens with zero attached hydrogens (tertiary/aromatic N) is 2. The van der Waals surface area contributed by atoms with Gasteiger partial charge in [-0.1, -0.05) is 0 Å². The molecule has 10 saturated heterocycles. The van der Waals surface area contributed by atoms with E-state index in [1.165, 1.54) is 35.2 Å². The molecule has 12 heterocycles. The van der Waals surface area contributed by atoms with Crippen LogP contribution in [-0.2, 0) is 16.0 Å². The Balaban J connectivity index is 1.01. The molecule has 10 aliphatic heterocycles. The Morgan fingerprint density at radius 1 is 0.745 bits per heavy atom. The molecular weight excluding hydrogens is 650 g/mol. The molecule has 3 aromatic rings. The van der Waals surface area contributed by atoms with Crippen LogP contribution in [0.15, 0.2) is 79.4 Å². The fourth-order valence-electron chi connectivity index (χ4n) is 27.7. The van der Waals surface area contributed by atoms with Crippen LogP contribution in [0, 0.1) is 23.7 Å². The number of aromatic nitrogens is 2. The summed E-state index contributed by atoms with van der Waals surface area (Å²) >= 11 is 0. The summed E-state index contributed by atoms with van der Waals surface area (Å²) in [5.41, 5.74) is 5.90. The Labute approximate surface area is 273 Å². The minimum atomic E-state index is -4.36. The molecule has 0 amide bonds. The molecule has 0 N–H and O–H groups in total. The predicted molar refractivity (Wildman–Crippen MR) is 191 cm³/mol. The second-order valence-electron chi connectivity index (χ2n) is 22.4. The van der Waals surface area contributed by atoms with Gasteiger partial charge in [-0.25, -0.2) is 0 Å². The van der Waals surface area contributed by atoms with E-state index in [0.717, 1.165) is 39.0 Å². The van der Waals surface area contributed by atoms with Crippen molar-refractivity contribution in [2.75, 3.05) is 6.16 Å². The molecule has 14 aliphatic rings. The van der Waals surface area contributed by atoms with Crippen molar-refractivity contribution in [2.45, 2.75) is 116 Å². The standard InChI is InChI=1S/C37H43N2P2.C5H5.Fe/c1-36(2,3)41(35-29-16-25-15-26(18-29)19-30(35)17-25)24-31-20-28(27-9-5-4-6-10-27)21-34(31)37(40,32-11-7-13-38-22-32)33-12-8-14-39-23-33;1-2-4-5-3-1;/h4-14,20-23,25-26,29-30,35H,15-19,24,40H2,1-3H3;1-5H;. The maximum absolute atomic E-state index is 4.90. The summed E-state index contributed by atoms with van der Waals surface area (Å²) in [7, 11) is 3.69. The van der Waals surface area contributed by atoms with Crippen molar-refractivity contribution in [3.8, 4) is 0 Å². The van der Waals surface area contributed by atoms with Gasteiger partial charge in [0, 0.05) is 0 Å². The molecule has 14 fully saturated rings. The van der Waals surface area contributed by atoms with Gasteiger partial charge >= 0.3 is 275 Å². The van der Waals surface area contributed by atoms with Crippen molar-refractivity contribution < 1.29 is 6.51 Å². The molecule has 4 bridgehead atoms. The van der Waals surface area contributed by atoms with E-state index in [1.54, 1.807) is 38.3 Å². The van der Waals surface area contributed by atoms with Gasteiger partial charge in [0.15, 0.2) is 0 Å². The number of hydrogen-bond donors (Lipinski definition) is 0. The molecule has 5 heteroatoms. The van der Waals surface area contributed by atoms with Gasteiger partial charge in [0.1, 0.15) is 0 Å². The molecule has 0 radical (unpaired) electrons. The van der Waals surface area contributed by atoms with Gasteiger partial charge in [0.05, 0.1) is 0 Å². The average molecular weight is 699 g/mol. The molecule has 47 heavy (non-hydrogen) atoms. The van der Waals surface area contributed by atoms with Gasteiger partial charge in [-0.2, -0.15) is 0 Å². The van der Waals surface area contributed by atoms with Crippen LogP contribution in [0.3, 0.4) is 0 Å². The fraction of sp³-hybridized carbons (Fsp3) is 0.619. The monoisotopic (exact) mass is 698 g/mol. The third kappa shape index (κ3) is 0.746. The van der Waals surface area contributed by atoms with Crippen molar-refractivity contribution in [1.29, 1.82) is 0 Å². The van der Waals surface area contributed by atoms with Crippen LogP contribution in [0.4, 0.5) is 0 Å². The number of hydrogen-bond acceptors (Lipinski definition) is 2. The Morgan fingerprint density at radius 3 is 1.77 bits per heavy atom. The molecule has 17 rings (SSSR count). The summed E-state index contributed by atoms with van der Waals surface area (Å²) in [5.74, 6) is 4.22. The van der Waals surface area contributed by atoms with Gasteiger partial charge in [0.2, 0.25) is 0 Å². The maximum atomic E-state index is 4.90. The van der Waals surface area contributed by atoms with Gasteiger partial charge in [-0.3, -0.25) is 0 Å². The van der Waals surface area contributed by atoms with Crippen LogP contribution in [0.2, 0.25) is 42.3 Å². The quantitative estimate of drug-likeness (QED) is 0.181. The Morgan fingerprint density at radius 2 is 1.30 bits per heavy atom. The van der Waals surface area contributed by atoms with Crippen LogP contribution in [0.5, 0.6) is 0 Å². The van der Waals surface area contributed by atoms with Crippen molar-refractivity contribution in [1.82, 2.24) is 9.97 Å². The summed E-state index contributed by atoms with van der Waals surface area (Å²) in [6, 6.07) is 22.0. The van der Waals surface area contributed by atoms with E-state index >= 15 is 0 Å². The van der Waals surface area contributed by atoms with Gasteiger partial charge < -0.3 is 0 Å². The van der Waals surface area contributed by atoms with Gasteiger partial charge in [-0.05, 0) is 0 Å². The summed E-state index contributed by atoms with van der Waals surface area (Å²) in [5, 5.41) is 0.383. The molecule has 2 nitrogen and oxygen atoms in total. The van der Waals surface area contributed by atoms with E-state index in [4.69, 9.17) is 9.97 Å². The van der Waals surface area contributed by atoms with Crippen molar-refractivity contribution in [3.63, 3.8) is 0 Å². The summed E-state index contributed by atoms with van der Waals surface area (Å²) < 4.78 is 1.83. The third-order valence-corrected chi connectivity index (χ3v) is 74.8. The van der Waals surface area contributed by atoms with Crippen LogP contribution < -0.4 is 0 Å². The Bertz CT molecular complexity index is 2360. The van der Waals surface area contributed by atoms with E-state index < -0.39 is 6.51 Å². The van der Waals surface area contributed by atoms with Crippen LogP contribution in [0.1, 0.15) is 69.6 Å². The van der Waals surface area contributed by atoms with E-state index in [1.807, 2.05) is 18.0 Å². The van der Waals surface area contributed by atoms with E-state index in [9.17, 15) is 0 Å². The SMILES string of the molecule is CC(C)(C)P(C[C]12[CH]3[C]4(c5ccccc5)[CH]5[C]1(C(P)(c1cccnc1)c1cccnc1)[Fe]35421678[CH]2[CH]1[CH]6[CH]7[CH]28)C1C2CC3CC(C2)CC1C3. The number of pyridine rings is 2. The molecule has 7 atom stereocenters. The second kappa shape index (κ2) is 4.24. The first-order chi connectivity index (χ1) is 22.5. The van der Waals surface area contributed by atoms with Crippen LogP contribution in [0.25, 0.3) is 0 Å². The molecule has 1 spiro atoms. The topological polar surface area (TPSA) is 25.8 Å². The van der Waals surface area contributed by atoms with Crippen LogP contribution >= 0.6 is 17.2 Å². The molecule has 244 valence electrons. The first-order valence-corrected chi connectivity index (χ1v) is 27.4. The number of fused-ring (bicyclic) bond motifs is 10. The molecule has 2 aromatic heterocycles. The van der Waals surface area contributed by atoms with Crippen LogP contribution in [-0.4, -0.2) is 26.9 Å². The summed E-state index contributed by atoms with van der Waals surface area (Å²) in [6.07, 6.45) is 18.2. The minimum absolute atomic E-state index is 0.0510. The van der Waals surface area contributed by atoms with Crippen molar-refractivity contribution in [3.05, 3.63) is 96.1 Å². The predicted octanol–water partition coefficient (Wildman–Crippen LogP) is 10.9. The molecule has 4 aliphatic carbocycles. The zero-order valence-electron chi connectivity index (χ0n) is 27.9. The molecule has 1 aromatic carbocycles. The van der Waals surface area contributed by atoms with Gasteiger partial charge in [-0.15, -0.1) is 0 Å². The zero-order valence-corrected chi connectivity index (χ0v) is 31.1. The van der Waals surface area contributed by atoms with E-state index in [2.05, 4.69) is 97.0 Å². The number of benzene rings is 1. The number of rotatable bonds is 7.